The minimum absolute atomic E-state index is 0.386. The summed E-state index contributed by atoms with van der Waals surface area (Å²) >= 11 is 0. The van der Waals surface area contributed by atoms with Gasteiger partial charge in [-0.1, -0.05) is 12.1 Å². The second-order valence-corrected chi connectivity index (χ2v) is 5.40. The third-order valence-electron chi connectivity index (χ3n) is 3.64. The Hall–Kier alpha value is -1.55. The average molecular weight is 263 g/mol. The van der Waals surface area contributed by atoms with Crippen molar-refractivity contribution in [2.75, 3.05) is 7.11 Å². The first-order chi connectivity index (χ1) is 9.03. The maximum Gasteiger partial charge on any atom is 0.323 e. The zero-order valence-electron chi connectivity index (χ0n) is 11.5. The molecule has 19 heavy (non-hydrogen) atoms. The van der Waals surface area contributed by atoms with Crippen LogP contribution < -0.4 is 10.1 Å². The molecular formula is C15H21NO3. The van der Waals surface area contributed by atoms with Gasteiger partial charge < -0.3 is 9.84 Å². The molecule has 0 aliphatic heterocycles. The molecule has 104 valence electrons. The molecule has 4 nitrogen and oxygen atoms in total. The van der Waals surface area contributed by atoms with Crippen molar-refractivity contribution in [3.8, 4) is 5.75 Å². The number of nitrogens with one attached hydrogen (secondary N) is 1. The summed E-state index contributed by atoms with van der Waals surface area (Å²) in [7, 11) is 1.63. The van der Waals surface area contributed by atoms with Gasteiger partial charge in [0.1, 0.15) is 11.3 Å². The molecule has 0 radical (unpaired) electrons. The highest BCUT2D eigenvalue weighted by Gasteiger charge is 2.37. The van der Waals surface area contributed by atoms with Gasteiger partial charge in [0.2, 0.25) is 0 Å². The monoisotopic (exact) mass is 263 g/mol. The van der Waals surface area contributed by atoms with Crippen molar-refractivity contribution >= 4 is 5.97 Å². The Morgan fingerprint density at radius 2 is 2.05 bits per heavy atom. The van der Waals surface area contributed by atoms with Crippen LogP contribution in [0.2, 0.25) is 0 Å². The summed E-state index contributed by atoms with van der Waals surface area (Å²) in [5, 5.41) is 12.6. The van der Waals surface area contributed by atoms with Crippen LogP contribution in [0, 0.1) is 0 Å². The van der Waals surface area contributed by atoms with Crippen molar-refractivity contribution in [3.05, 3.63) is 29.8 Å². The second kappa shape index (κ2) is 5.61. The van der Waals surface area contributed by atoms with E-state index in [2.05, 4.69) is 5.32 Å². The zero-order chi connectivity index (χ0) is 13.9. The lowest BCUT2D eigenvalue weighted by Gasteiger charge is -2.26. The summed E-state index contributed by atoms with van der Waals surface area (Å²) in [5.74, 6) is 0.0498. The van der Waals surface area contributed by atoms with Crippen molar-refractivity contribution in [2.45, 2.75) is 44.2 Å². The molecular weight excluding hydrogens is 242 g/mol. The first kappa shape index (κ1) is 13.9. The Balaban J connectivity index is 1.95. The minimum atomic E-state index is -0.832. The summed E-state index contributed by atoms with van der Waals surface area (Å²) < 4.78 is 5.11. The van der Waals surface area contributed by atoms with E-state index < -0.39 is 11.5 Å². The first-order valence-electron chi connectivity index (χ1n) is 6.67. The van der Waals surface area contributed by atoms with Crippen molar-refractivity contribution in [1.29, 1.82) is 0 Å². The topological polar surface area (TPSA) is 58.6 Å². The van der Waals surface area contributed by atoms with Gasteiger partial charge in [0, 0.05) is 6.04 Å². The summed E-state index contributed by atoms with van der Waals surface area (Å²) in [4.78, 5) is 11.4. The van der Waals surface area contributed by atoms with Gasteiger partial charge in [-0.3, -0.25) is 10.1 Å². The first-order valence-corrected chi connectivity index (χ1v) is 6.67. The van der Waals surface area contributed by atoms with Gasteiger partial charge in [-0.2, -0.15) is 0 Å². The Bertz CT molecular complexity index is 439. The fourth-order valence-corrected chi connectivity index (χ4v) is 2.11. The van der Waals surface area contributed by atoms with Gasteiger partial charge in [0.15, 0.2) is 0 Å². The van der Waals surface area contributed by atoms with E-state index in [1.54, 1.807) is 14.0 Å². The highest BCUT2D eigenvalue weighted by molar-refractivity contribution is 5.78. The molecule has 1 fully saturated rings. The molecule has 1 saturated carbocycles. The SMILES string of the molecule is COc1ccc(CCC(C)(NC2CC2)C(=O)O)cc1. The molecule has 1 aromatic rings. The number of hydrogen-bond acceptors (Lipinski definition) is 3. The smallest absolute Gasteiger partial charge is 0.323 e. The van der Waals surface area contributed by atoms with Crippen LogP contribution in [0.3, 0.4) is 0 Å². The predicted octanol–water partition coefficient (Wildman–Crippen LogP) is 2.22. The summed E-state index contributed by atoms with van der Waals surface area (Å²) in [5.41, 5.74) is 0.298. The van der Waals surface area contributed by atoms with E-state index in [0.29, 0.717) is 12.5 Å². The molecule has 1 aromatic carbocycles. The van der Waals surface area contributed by atoms with Crippen LogP contribution in [0.5, 0.6) is 5.75 Å². The largest absolute Gasteiger partial charge is 0.497 e. The number of rotatable bonds is 7. The Kier molecular flexibility index (Phi) is 4.10. The molecule has 4 heteroatoms. The summed E-state index contributed by atoms with van der Waals surface area (Å²) in [6, 6.07) is 8.16. The molecule has 0 amide bonds. The number of ether oxygens (including phenoxy) is 1. The van der Waals surface area contributed by atoms with Gasteiger partial charge in [0.05, 0.1) is 7.11 Å². The van der Waals surface area contributed by atoms with Crippen LogP contribution in [-0.2, 0) is 11.2 Å². The van der Waals surface area contributed by atoms with E-state index in [1.165, 1.54) is 0 Å². The van der Waals surface area contributed by atoms with E-state index in [9.17, 15) is 9.90 Å². The summed E-state index contributed by atoms with van der Waals surface area (Å²) in [6.45, 7) is 1.77. The molecule has 0 bridgehead atoms. The van der Waals surface area contributed by atoms with Crippen LogP contribution >= 0.6 is 0 Å². The van der Waals surface area contributed by atoms with Crippen LogP contribution in [0.15, 0.2) is 24.3 Å². The molecule has 1 aliphatic rings. The van der Waals surface area contributed by atoms with E-state index in [1.807, 2.05) is 24.3 Å². The van der Waals surface area contributed by atoms with E-state index in [-0.39, 0.29) is 0 Å². The Morgan fingerprint density at radius 3 is 2.53 bits per heavy atom. The molecule has 1 aliphatic carbocycles. The lowest BCUT2D eigenvalue weighted by molar-refractivity contribution is -0.144. The predicted molar refractivity (Wildman–Crippen MR) is 73.5 cm³/mol. The maximum atomic E-state index is 11.4. The number of aryl methyl sites for hydroxylation is 1. The number of hydrogen-bond donors (Lipinski definition) is 2. The fraction of sp³-hybridized carbons (Fsp3) is 0.533. The molecule has 1 unspecified atom stereocenters. The fourth-order valence-electron chi connectivity index (χ4n) is 2.11. The maximum absolute atomic E-state index is 11.4. The number of carboxylic acids is 1. The van der Waals surface area contributed by atoms with Gasteiger partial charge in [-0.15, -0.1) is 0 Å². The molecule has 2 N–H and O–H groups in total. The lowest BCUT2D eigenvalue weighted by Crippen LogP contribution is -2.50. The quantitative estimate of drug-likeness (QED) is 0.792. The molecule has 0 aromatic heterocycles. The number of carbonyl (C=O) groups is 1. The number of aliphatic carboxylic acids is 1. The highest BCUT2D eigenvalue weighted by Crippen LogP contribution is 2.25. The van der Waals surface area contributed by atoms with E-state index in [0.717, 1.165) is 30.6 Å². The van der Waals surface area contributed by atoms with Gasteiger partial charge in [-0.25, -0.2) is 0 Å². The van der Waals surface area contributed by atoms with Crippen molar-refractivity contribution in [2.24, 2.45) is 0 Å². The third-order valence-corrected chi connectivity index (χ3v) is 3.64. The molecule has 1 atom stereocenters. The molecule has 0 spiro atoms. The number of benzene rings is 1. The second-order valence-electron chi connectivity index (χ2n) is 5.40. The molecule has 0 heterocycles. The number of methoxy groups -OCH3 is 1. The van der Waals surface area contributed by atoms with Crippen LogP contribution in [0.4, 0.5) is 0 Å². The van der Waals surface area contributed by atoms with Crippen LogP contribution in [-0.4, -0.2) is 29.8 Å². The van der Waals surface area contributed by atoms with Crippen molar-refractivity contribution < 1.29 is 14.6 Å². The summed E-state index contributed by atoms with van der Waals surface area (Å²) in [6.07, 6.45) is 3.51. The zero-order valence-corrected chi connectivity index (χ0v) is 11.5. The highest BCUT2D eigenvalue weighted by atomic mass is 16.5. The van der Waals surface area contributed by atoms with Gasteiger partial charge in [0.25, 0.3) is 0 Å². The Morgan fingerprint density at radius 1 is 1.42 bits per heavy atom. The standard InChI is InChI=1S/C15H21NO3/c1-15(14(17)18,16-12-5-6-12)10-9-11-3-7-13(19-2)8-4-11/h3-4,7-8,12,16H,5-6,9-10H2,1-2H3,(H,17,18). The van der Waals surface area contributed by atoms with Gasteiger partial charge >= 0.3 is 5.97 Å². The van der Waals surface area contributed by atoms with Crippen LogP contribution in [0.1, 0.15) is 31.7 Å². The average Bonchev–Trinajstić information content (AvgIpc) is 3.20. The lowest BCUT2D eigenvalue weighted by atomic mass is 9.93. The van der Waals surface area contributed by atoms with Crippen LogP contribution in [0.25, 0.3) is 0 Å². The normalized spacial score (nSPS) is 17.8. The Labute approximate surface area is 113 Å². The van der Waals surface area contributed by atoms with E-state index >= 15 is 0 Å². The molecule has 0 saturated heterocycles. The van der Waals surface area contributed by atoms with Crippen molar-refractivity contribution in [1.82, 2.24) is 5.32 Å². The van der Waals surface area contributed by atoms with E-state index in [4.69, 9.17) is 4.74 Å². The minimum Gasteiger partial charge on any atom is -0.497 e. The molecule has 2 rings (SSSR count). The van der Waals surface area contributed by atoms with Gasteiger partial charge in [-0.05, 0) is 50.3 Å². The third kappa shape index (κ3) is 3.70. The van der Waals surface area contributed by atoms with Crippen molar-refractivity contribution in [3.63, 3.8) is 0 Å². The number of carboxylic acid groups (broad SMARTS) is 1.